The van der Waals surface area contributed by atoms with Gasteiger partial charge in [0, 0.05) is 18.7 Å². The third kappa shape index (κ3) is 2.77. The second-order valence-electron chi connectivity index (χ2n) is 4.08. The van der Waals surface area contributed by atoms with Gasteiger partial charge in [-0.1, -0.05) is 12.2 Å². The van der Waals surface area contributed by atoms with Gasteiger partial charge in [-0.25, -0.2) is 13.6 Å². The molecule has 0 saturated heterocycles. The van der Waals surface area contributed by atoms with Gasteiger partial charge >= 0.3 is 0 Å². The molecule has 0 fully saturated rings. The Bertz CT molecular complexity index is 576. The van der Waals surface area contributed by atoms with E-state index < -0.39 is 10.0 Å². The fourth-order valence-corrected chi connectivity index (χ4v) is 2.31. The van der Waals surface area contributed by atoms with Gasteiger partial charge in [0.05, 0.1) is 4.90 Å². The van der Waals surface area contributed by atoms with Crippen molar-refractivity contribution in [2.24, 2.45) is 5.14 Å². The molecule has 6 heteroatoms. The molecule has 5 nitrogen and oxygen atoms in total. The van der Waals surface area contributed by atoms with E-state index in [1.165, 1.54) is 24.3 Å². The van der Waals surface area contributed by atoms with Crippen LogP contribution in [0.1, 0.15) is 16.8 Å². The molecule has 0 saturated carbocycles. The van der Waals surface area contributed by atoms with Gasteiger partial charge in [0.25, 0.3) is 5.91 Å². The van der Waals surface area contributed by atoms with Crippen LogP contribution in [-0.4, -0.2) is 32.3 Å². The van der Waals surface area contributed by atoms with Crippen molar-refractivity contribution in [1.29, 1.82) is 0 Å². The van der Waals surface area contributed by atoms with Crippen molar-refractivity contribution in [1.82, 2.24) is 4.90 Å². The minimum atomic E-state index is -3.71. The zero-order valence-corrected chi connectivity index (χ0v) is 10.6. The molecule has 0 bridgehead atoms. The van der Waals surface area contributed by atoms with E-state index in [2.05, 4.69) is 0 Å². The first-order valence-electron chi connectivity index (χ1n) is 5.55. The van der Waals surface area contributed by atoms with Crippen LogP contribution in [0.15, 0.2) is 41.3 Å². The van der Waals surface area contributed by atoms with Gasteiger partial charge in [0.15, 0.2) is 0 Å². The molecule has 0 radical (unpaired) electrons. The standard InChI is InChI=1S/C12H14N2O3S/c13-18(16,17)11-6-4-10(5-7-11)12(15)14-8-2-1-3-9-14/h1-2,4-7H,3,8-9H2,(H2,13,16,17). The molecule has 0 unspecified atom stereocenters. The van der Waals surface area contributed by atoms with E-state index in [1.54, 1.807) is 4.90 Å². The third-order valence-corrected chi connectivity index (χ3v) is 3.70. The Labute approximate surface area is 106 Å². The highest BCUT2D eigenvalue weighted by Crippen LogP contribution is 2.12. The molecule has 0 aromatic heterocycles. The first kappa shape index (κ1) is 12.8. The largest absolute Gasteiger partial charge is 0.335 e. The number of amides is 1. The zero-order valence-electron chi connectivity index (χ0n) is 9.74. The van der Waals surface area contributed by atoms with Crippen LogP contribution in [0.2, 0.25) is 0 Å². The van der Waals surface area contributed by atoms with Crippen molar-refractivity contribution < 1.29 is 13.2 Å². The molecular formula is C12H14N2O3S. The summed E-state index contributed by atoms with van der Waals surface area (Å²) in [6.45, 7) is 1.28. The highest BCUT2D eigenvalue weighted by atomic mass is 32.2. The molecule has 1 heterocycles. The lowest BCUT2D eigenvalue weighted by Crippen LogP contribution is -2.33. The molecule has 1 aromatic carbocycles. The van der Waals surface area contributed by atoms with Crippen LogP contribution in [0.25, 0.3) is 0 Å². The van der Waals surface area contributed by atoms with Crippen LogP contribution in [-0.2, 0) is 10.0 Å². The number of primary sulfonamides is 1. The summed E-state index contributed by atoms with van der Waals surface area (Å²) < 4.78 is 22.2. The summed E-state index contributed by atoms with van der Waals surface area (Å²) in [5, 5.41) is 4.99. The number of sulfonamides is 1. The van der Waals surface area contributed by atoms with Crippen LogP contribution >= 0.6 is 0 Å². The van der Waals surface area contributed by atoms with Gasteiger partial charge < -0.3 is 4.90 Å². The van der Waals surface area contributed by atoms with E-state index >= 15 is 0 Å². The first-order valence-corrected chi connectivity index (χ1v) is 7.10. The lowest BCUT2D eigenvalue weighted by Gasteiger charge is -2.23. The van der Waals surface area contributed by atoms with Gasteiger partial charge in [0.1, 0.15) is 0 Å². The summed E-state index contributed by atoms with van der Waals surface area (Å²) >= 11 is 0. The summed E-state index contributed by atoms with van der Waals surface area (Å²) in [6, 6.07) is 5.67. The van der Waals surface area contributed by atoms with E-state index in [0.717, 1.165) is 6.42 Å². The Kier molecular flexibility index (Phi) is 3.49. The normalized spacial score (nSPS) is 15.7. The van der Waals surface area contributed by atoms with E-state index in [0.29, 0.717) is 18.7 Å². The molecule has 0 aliphatic carbocycles. The van der Waals surface area contributed by atoms with E-state index in [-0.39, 0.29) is 10.8 Å². The Morgan fingerprint density at radius 2 is 1.83 bits per heavy atom. The van der Waals surface area contributed by atoms with Crippen LogP contribution in [0.5, 0.6) is 0 Å². The minimum absolute atomic E-state index is 0.0117. The van der Waals surface area contributed by atoms with Gasteiger partial charge in [0.2, 0.25) is 10.0 Å². The molecule has 0 atom stereocenters. The summed E-state index contributed by atoms with van der Waals surface area (Å²) in [5.41, 5.74) is 0.470. The topological polar surface area (TPSA) is 80.5 Å². The second kappa shape index (κ2) is 4.91. The number of rotatable bonds is 2. The molecule has 0 spiro atoms. The number of nitrogens with zero attached hydrogens (tertiary/aromatic N) is 1. The van der Waals surface area contributed by atoms with Gasteiger partial charge in [-0.2, -0.15) is 0 Å². The highest BCUT2D eigenvalue weighted by molar-refractivity contribution is 7.89. The summed E-state index contributed by atoms with van der Waals surface area (Å²) in [5.74, 6) is -0.0969. The van der Waals surface area contributed by atoms with Crippen molar-refractivity contribution in [2.75, 3.05) is 13.1 Å². The molecular weight excluding hydrogens is 252 g/mol. The molecule has 96 valence electrons. The molecule has 1 aliphatic heterocycles. The van der Waals surface area contributed by atoms with Crippen LogP contribution in [0.3, 0.4) is 0 Å². The Balaban J connectivity index is 2.19. The number of hydrogen-bond acceptors (Lipinski definition) is 3. The summed E-state index contributed by atoms with van der Waals surface area (Å²) in [4.78, 5) is 13.8. The third-order valence-electron chi connectivity index (χ3n) is 2.78. The maximum Gasteiger partial charge on any atom is 0.254 e. The van der Waals surface area contributed by atoms with E-state index in [1.807, 2.05) is 12.2 Å². The molecule has 1 aromatic rings. The number of carbonyl (C=O) groups is 1. The summed E-state index contributed by atoms with van der Waals surface area (Å²) in [7, 11) is -3.71. The molecule has 18 heavy (non-hydrogen) atoms. The predicted octanol–water partition coefficient (Wildman–Crippen LogP) is 0.736. The number of nitrogens with two attached hydrogens (primary N) is 1. The van der Waals surface area contributed by atoms with Gasteiger partial charge in [-0.3, -0.25) is 4.79 Å². The molecule has 2 rings (SSSR count). The van der Waals surface area contributed by atoms with Crippen molar-refractivity contribution in [3.8, 4) is 0 Å². The highest BCUT2D eigenvalue weighted by Gasteiger charge is 2.16. The molecule has 2 N–H and O–H groups in total. The lowest BCUT2D eigenvalue weighted by atomic mass is 10.1. The average molecular weight is 266 g/mol. The van der Waals surface area contributed by atoms with Crippen molar-refractivity contribution in [3.05, 3.63) is 42.0 Å². The van der Waals surface area contributed by atoms with Crippen LogP contribution in [0.4, 0.5) is 0 Å². The first-order chi connectivity index (χ1) is 8.48. The quantitative estimate of drug-likeness (QED) is 0.801. The van der Waals surface area contributed by atoms with Gasteiger partial charge in [-0.05, 0) is 30.7 Å². The monoisotopic (exact) mass is 266 g/mol. The van der Waals surface area contributed by atoms with Crippen LogP contribution < -0.4 is 5.14 Å². The minimum Gasteiger partial charge on any atom is -0.335 e. The Hall–Kier alpha value is -1.66. The Morgan fingerprint density at radius 3 is 2.33 bits per heavy atom. The predicted molar refractivity (Wildman–Crippen MR) is 67.5 cm³/mol. The Morgan fingerprint density at radius 1 is 1.17 bits per heavy atom. The van der Waals surface area contributed by atoms with Crippen LogP contribution in [0, 0.1) is 0 Å². The van der Waals surface area contributed by atoms with E-state index in [9.17, 15) is 13.2 Å². The number of benzene rings is 1. The van der Waals surface area contributed by atoms with Crippen molar-refractivity contribution in [2.45, 2.75) is 11.3 Å². The SMILES string of the molecule is NS(=O)(=O)c1ccc(C(=O)N2CC=CCC2)cc1. The van der Waals surface area contributed by atoms with Crippen molar-refractivity contribution in [3.63, 3.8) is 0 Å². The fourth-order valence-electron chi connectivity index (χ4n) is 1.80. The van der Waals surface area contributed by atoms with E-state index in [4.69, 9.17) is 5.14 Å². The lowest BCUT2D eigenvalue weighted by molar-refractivity contribution is 0.0771. The zero-order chi connectivity index (χ0) is 13.2. The smallest absolute Gasteiger partial charge is 0.254 e. The fraction of sp³-hybridized carbons (Fsp3) is 0.250. The van der Waals surface area contributed by atoms with Crippen molar-refractivity contribution >= 4 is 15.9 Å². The maximum atomic E-state index is 12.1. The average Bonchev–Trinajstić information content (AvgIpc) is 2.38. The molecule has 1 amide bonds. The van der Waals surface area contributed by atoms with Gasteiger partial charge in [-0.15, -0.1) is 0 Å². The molecule has 1 aliphatic rings. The maximum absolute atomic E-state index is 12.1. The number of carbonyl (C=O) groups excluding carboxylic acids is 1. The number of hydrogen-bond donors (Lipinski definition) is 1. The second-order valence-corrected chi connectivity index (χ2v) is 5.64. The summed E-state index contributed by atoms with van der Waals surface area (Å²) in [6.07, 6.45) is 4.83.